The van der Waals surface area contributed by atoms with Gasteiger partial charge < -0.3 is 0 Å². The molecule has 202 valence electrons. The van der Waals surface area contributed by atoms with Crippen molar-refractivity contribution in [1.82, 2.24) is 0 Å². The maximum atomic E-state index is 2.42. The van der Waals surface area contributed by atoms with Crippen LogP contribution in [0.15, 0.2) is 146 Å². The van der Waals surface area contributed by atoms with Gasteiger partial charge in [-0.1, -0.05) is 153 Å². The fourth-order valence-electron chi connectivity index (χ4n) is 7.94. The van der Waals surface area contributed by atoms with E-state index >= 15 is 0 Å². The van der Waals surface area contributed by atoms with Crippen LogP contribution in [-0.2, 0) is 5.41 Å². The fraction of sp³-hybridized carbons (Fsp3) is 0.0698. The van der Waals surface area contributed by atoms with E-state index < -0.39 is 0 Å². The molecule has 0 saturated carbocycles. The lowest BCUT2D eigenvalue weighted by molar-refractivity contribution is 0.666. The summed E-state index contributed by atoms with van der Waals surface area (Å²) in [5.41, 5.74) is 10.7. The zero-order valence-electron chi connectivity index (χ0n) is 24.4. The summed E-state index contributed by atoms with van der Waals surface area (Å²) in [4.78, 5) is 0. The standard InChI is InChI=1S/C43H30/c1-43(2)38-19-11-10-16-33(38)36-24-21-29-26-30(22-23-32(29)42(36)43)39-34-17-8-9-18-35(34)40(28-13-4-3-5-14-28)41-31-15-7-6-12-27(31)20-25-37(39)41/h3-26H,1-2H3. The van der Waals surface area contributed by atoms with E-state index in [-0.39, 0.29) is 5.41 Å². The summed E-state index contributed by atoms with van der Waals surface area (Å²) in [6.07, 6.45) is 0. The van der Waals surface area contributed by atoms with Gasteiger partial charge >= 0.3 is 0 Å². The molecule has 0 atom stereocenters. The van der Waals surface area contributed by atoms with E-state index in [9.17, 15) is 0 Å². The third kappa shape index (κ3) is 3.38. The van der Waals surface area contributed by atoms with E-state index in [2.05, 4.69) is 159 Å². The Balaban J connectivity index is 1.39. The summed E-state index contributed by atoms with van der Waals surface area (Å²) in [6.45, 7) is 4.75. The molecule has 8 aromatic carbocycles. The molecule has 0 amide bonds. The van der Waals surface area contributed by atoms with Crippen LogP contribution in [0.2, 0.25) is 0 Å². The van der Waals surface area contributed by atoms with Crippen molar-refractivity contribution in [1.29, 1.82) is 0 Å². The van der Waals surface area contributed by atoms with Crippen LogP contribution in [0.1, 0.15) is 25.0 Å². The van der Waals surface area contributed by atoms with Gasteiger partial charge in [-0.25, -0.2) is 0 Å². The van der Waals surface area contributed by atoms with Crippen molar-refractivity contribution in [3.63, 3.8) is 0 Å². The van der Waals surface area contributed by atoms with Crippen LogP contribution < -0.4 is 0 Å². The van der Waals surface area contributed by atoms with E-state index in [0.29, 0.717) is 0 Å². The van der Waals surface area contributed by atoms with Gasteiger partial charge in [-0.05, 0) is 93.7 Å². The molecule has 9 rings (SSSR count). The van der Waals surface area contributed by atoms with Crippen molar-refractivity contribution in [3.8, 4) is 33.4 Å². The van der Waals surface area contributed by atoms with Crippen LogP contribution in [0.25, 0.3) is 76.5 Å². The minimum Gasteiger partial charge on any atom is -0.0622 e. The second-order valence-electron chi connectivity index (χ2n) is 12.5. The first-order valence-electron chi connectivity index (χ1n) is 15.2. The molecule has 0 N–H and O–H groups in total. The highest BCUT2D eigenvalue weighted by atomic mass is 14.4. The molecule has 1 aliphatic rings. The number of rotatable bonds is 2. The highest BCUT2D eigenvalue weighted by molar-refractivity contribution is 6.28. The van der Waals surface area contributed by atoms with Crippen molar-refractivity contribution in [2.24, 2.45) is 0 Å². The van der Waals surface area contributed by atoms with Gasteiger partial charge in [0, 0.05) is 5.41 Å². The van der Waals surface area contributed by atoms with Crippen molar-refractivity contribution >= 4 is 43.1 Å². The van der Waals surface area contributed by atoms with Crippen LogP contribution in [-0.4, -0.2) is 0 Å². The highest BCUT2D eigenvalue weighted by Crippen LogP contribution is 2.52. The first-order valence-corrected chi connectivity index (χ1v) is 15.2. The maximum Gasteiger partial charge on any atom is 0.0165 e. The van der Waals surface area contributed by atoms with Gasteiger partial charge in [0.25, 0.3) is 0 Å². The quantitative estimate of drug-likeness (QED) is 0.149. The molecule has 0 saturated heterocycles. The van der Waals surface area contributed by atoms with Crippen molar-refractivity contribution in [3.05, 3.63) is 157 Å². The molecule has 0 heterocycles. The molecule has 43 heavy (non-hydrogen) atoms. The lowest BCUT2D eigenvalue weighted by atomic mass is 9.79. The van der Waals surface area contributed by atoms with Crippen molar-refractivity contribution in [2.45, 2.75) is 19.3 Å². The third-order valence-corrected chi connectivity index (χ3v) is 9.80. The van der Waals surface area contributed by atoms with E-state index in [1.165, 1.54) is 87.6 Å². The Morgan fingerprint density at radius 1 is 0.395 bits per heavy atom. The number of hydrogen-bond acceptors (Lipinski definition) is 0. The Hall–Kier alpha value is -5.20. The molecular weight excluding hydrogens is 516 g/mol. The van der Waals surface area contributed by atoms with Crippen molar-refractivity contribution < 1.29 is 0 Å². The summed E-state index contributed by atoms with van der Waals surface area (Å²) < 4.78 is 0. The van der Waals surface area contributed by atoms with Gasteiger partial charge in [0.2, 0.25) is 0 Å². The summed E-state index contributed by atoms with van der Waals surface area (Å²) >= 11 is 0. The van der Waals surface area contributed by atoms with Crippen molar-refractivity contribution in [2.75, 3.05) is 0 Å². The molecule has 0 aromatic heterocycles. The zero-order chi connectivity index (χ0) is 28.7. The van der Waals surface area contributed by atoms with Crippen LogP contribution in [0.5, 0.6) is 0 Å². The lowest BCUT2D eigenvalue weighted by Crippen LogP contribution is -2.15. The number of fused-ring (bicyclic) bond motifs is 9. The van der Waals surface area contributed by atoms with Crippen LogP contribution in [0, 0.1) is 0 Å². The van der Waals surface area contributed by atoms with Crippen LogP contribution in [0.3, 0.4) is 0 Å². The Morgan fingerprint density at radius 3 is 1.88 bits per heavy atom. The molecule has 0 heteroatoms. The smallest absolute Gasteiger partial charge is 0.0165 e. The Kier molecular flexibility index (Phi) is 5.05. The minimum absolute atomic E-state index is 0.0391. The highest BCUT2D eigenvalue weighted by Gasteiger charge is 2.36. The summed E-state index contributed by atoms with van der Waals surface area (Å²) in [5.74, 6) is 0. The molecule has 0 fully saturated rings. The molecule has 0 radical (unpaired) electrons. The maximum absolute atomic E-state index is 2.42. The summed E-state index contributed by atoms with van der Waals surface area (Å²) in [5, 5.41) is 10.4. The average molecular weight is 547 g/mol. The summed E-state index contributed by atoms with van der Waals surface area (Å²) in [6, 6.07) is 54.1. The molecule has 0 aliphatic heterocycles. The molecular formula is C43H30. The predicted octanol–water partition coefficient (Wildman–Crippen LogP) is 11.9. The summed E-state index contributed by atoms with van der Waals surface area (Å²) in [7, 11) is 0. The number of hydrogen-bond donors (Lipinski definition) is 0. The normalized spacial score (nSPS) is 13.5. The monoisotopic (exact) mass is 546 g/mol. The number of benzene rings is 8. The van der Waals surface area contributed by atoms with Crippen LogP contribution in [0.4, 0.5) is 0 Å². The van der Waals surface area contributed by atoms with Gasteiger partial charge in [-0.2, -0.15) is 0 Å². The van der Waals surface area contributed by atoms with Gasteiger partial charge in [-0.3, -0.25) is 0 Å². The Bertz CT molecular complexity index is 2410. The first-order chi connectivity index (χ1) is 21.1. The SMILES string of the molecule is CC1(C)c2ccccc2-c2ccc3cc(-c4c5ccccc5c(-c5ccccc5)c5c4ccc4ccccc45)ccc3c21. The average Bonchev–Trinajstić information content (AvgIpc) is 3.30. The topological polar surface area (TPSA) is 0 Å². The molecule has 8 aromatic rings. The second kappa shape index (κ2) is 8.90. The van der Waals surface area contributed by atoms with Gasteiger partial charge in [-0.15, -0.1) is 0 Å². The Morgan fingerprint density at radius 2 is 1.05 bits per heavy atom. The first kappa shape index (κ1) is 24.4. The molecule has 0 spiro atoms. The van der Waals surface area contributed by atoms with Gasteiger partial charge in [0.1, 0.15) is 0 Å². The van der Waals surface area contributed by atoms with Gasteiger partial charge in [0.15, 0.2) is 0 Å². The van der Waals surface area contributed by atoms with Crippen LogP contribution >= 0.6 is 0 Å². The van der Waals surface area contributed by atoms with E-state index in [1.54, 1.807) is 0 Å². The molecule has 1 aliphatic carbocycles. The van der Waals surface area contributed by atoms with Gasteiger partial charge in [0.05, 0.1) is 0 Å². The molecule has 0 unspecified atom stereocenters. The van der Waals surface area contributed by atoms with E-state index in [1.807, 2.05) is 0 Å². The second-order valence-corrected chi connectivity index (χ2v) is 12.5. The Labute approximate surface area is 251 Å². The fourth-order valence-corrected chi connectivity index (χ4v) is 7.94. The van der Waals surface area contributed by atoms with E-state index in [4.69, 9.17) is 0 Å². The zero-order valence-corrected chi connectivity index (χ0v) is 24.4. The predicted molar refractivity (Wildman–Crippen MR) is 185 cm³/mol. The minimum atomic E-state index is -0.0391. The molecule has 0 bridgehead atoms. The molecule has 0 nitrogen and oxygen atoms in total. The largest absolute Gasteiger partial charge is 0.0622 e. The van der Waals surface area contributed by atoms with E-state index in [0.717, 1.165) is 0 Å². The lowest BCUT2D eigenvalue weighted by Gasteiger charge is -2.23. The third-order valence-electron chi connectivity index (χ3n) is 9.80.